The molecule has 2 heterocycles. The van der Waals surface area contributed by atoms with Gasteiger partial charge in [-0.25, -0.2) is 18.7 Å². The van der Waals surface area contributed by atoms with Gasteiger partial charge in [0.15, 0.2) is 0 Å². The third kappa shape index (κ3) is 2.76. The van der Waals surface area contributed by atoms with Crippen LogP contribution < -0.4 is 5.32 Å². The van der Waals surface area contributed by atoms with E-state index < -0.39 is 0 Å². The Kier molecular flexibility index (Phi) is 3.94. The molecule has 0 atom stereocenters. The first kappa shape index (κ1) is 15.1. The fourth-order valence-electron chi connectivity index (χ4n) is 3.24. The summed E-state index contributed by atoms with van der Waals surface area (Å²) in [5, 5.41) is 3.98. The molecule has 3 nitrogen and oxygen atoms in total. The van der Waals surface area contributed by atoms with Gasteiger partial charge in [0.05, 0.1) is 11.2 Å². The standard InChI is InChI=1S/C19H17F2N3/c20-13-5-6-15-17(11-13)23-19(12-7-9-22-10-8-12)24-18(15)14-3-1-2-4-16(14)21/h1-6,11-12,22H,7-10H2. The van der Waals surface area contributed by atoms with Gasteiger partial charge in [-0.3, -0.25) is 0 Å². The predicted molar refractivity (Wildman–Crippen MR) is 89.7 cm³/mol. The molecule has 122 valence electrons. The van der Waals surface area contributed by atoms with Crippen molar-refractivity contribution in [3.05, 3.63) is 59.9 Å². The van der Waals surface area contributed by atoms with Gasteiger partial charge in [0, 0.05) is 22.9 Å². The van der Waals surface area contributed by atoms with Crippen LogP contribution in [-0.2, 0) is 0 Å². The van der Waals surface area contributed by atoms with Gasteiger partial charge in [-0.05, 0) is 50.2 Å². The minimum absolute atomic E-state index is 0.212. The number of aromatic nitrogens is 2. The molecule has 0 radical (unpaired) electrons. The van der Waals surface area contributed by atoms with Gasteiger partial charge in [-0.2, -0.15) is 0 Å². The summed E-state index contributed by atoms with van der Waals surface area (Å²) in [6.07, 6.45) is 1.86. The van der Waals surface area contributed by atoms with Crippen molar-refractivity contribution < 1.29 is 8.78 Å². The lowest BCUT2D eigenvalue weighted by Gasteiger charge is -2.22. The topological polar surface area (TPSA) is 37.8 Å². The maximum absolute atomic E-state index is 14.3. The Balaban J connectivity index is 1.94. The second-order valence-electron chi connectivity index (χ2n) is 6.10. The summed E-state index contributed by atoms with van der Waals surface area (Å²) >= 11 is 0. The van der Waals surface area contributed by atoms with Crippen molar-refractivity contribution in [2.24, 2.45) is 0 Å². The average molecular weight is 325 g/mol. The van der Waals surface area contributed by atoms with Crippen LogP contribution in [0.3, 0.4) is 0 Å². The molecule has 4 rings (SSSR count). The van der Waals surface area contributed by atoms with Crippen molar-refractivity contribution in [1.82, 2.24) is 15.3 Å². The van der Waals surface area contributed by atoms with E-state index in [1.807, 2.05) is 0 Å². The van der Waals surface area contributed by atoms with Crippen LogP contribution in [-0.4, -0.2) is 23.1 Å². The van der Waals surface area contributed by atoms with E-state index in [1.54, 1.807) is 24.3 Å². The van der Waals surface area contributed by atoms with Crippen LogP contribution in [0.4, 0.5) is 8.78 Å². The molecule has 2 aromatic carbocycles. The van der Waals surface area contributed by atoms with Crippen LogP contribution in [0.1, 0.15) is 24.6 Å². The minimum atomic E-state index is -0.350. The van der Waals surface area contributed by atoms with Gasteiger partial charge in [0.1, 0.15) is 17.5 Å². The summed E-state index contributed by atoms with van der Waals surface area (Å²) < 4.78 is 28.0. The lowest BCUT2D eigenvalue weighted by Crippen LogP contribution is -2.27. The van der Waals surface area contributed by atoms with Crippen LogP contribution in [0.25, 0.3) is 22.2 Å². The van der Waals surface area contributed by atoms with E-state index in [4.69, 9.17) is 0 Å². The zero-order chi connectivity index (χ0) is 16.5. The normalized spacial score (nSPS) is 15.8. The first-order valence-electron chi connectivity index (χ1n) is 8.15. The fraction of sp³-hybridized carbons (Fsp3) is 0.263. The van der Waals surface area contributed by atoms with E-state index >= 15 is 0 Å². The number of hydrogen-bond donors (Lipinski definition) is 1. The third-order valence-corrected chi connectivity index (χ3v) is 4.51. The number of halogens is 2. The van der Waals surface area contributed by atoms with Gasteiger partial charge < -0.3 is 5.32 Å². The Bertz CT molecular complexity index is 889. The molecule has 0 amide bonds. The smallest absolute Gasteiger partial charge is 0.132 e. The number of nitrogens with zero attached hydrogens (tertiary/aromatic N) is 2. The summed E-state index contributed by atoms with van der Waals surface area (Å²) in [5.41, 5.74) is 1.48. The first-order valence-corrected chi connectivity index (χ1v) is 8.15. The van der Waals surface area contributed by atoms with Gasteiger partial charge >= 0.3 is 0 Å². The van der Waals surface area contributed by atoms with Crippen molar-refractivity contribution in [3.8, 4) is 11.3 Å². The zero-order valence-corrected chi connectivity index (χ0v) is 13.1. The second kappa shape index (κ2) is 6.24. The molecule has 1 aliphatic heterocycles. The Morgan fingerprint density at radius 2 is 1.75 bits per heavy atom. The average Bonchev–Trinajstić information content (AvgIpc) is 2.62. The molecule has 3 aromatic rings. The van der Waals surface area contributed by atoms with Crippen LogP contribution in [0, 0.1) is 11.6 Å². The predicted octanol–water partition coefficient (Wildman–Crippen LogP) is 4.04. The number of hydrogen-bond acceptors (Lipinski definition) is 3. The number of rotatable bonds is 2. The molecule has 5 heteroatoms. The molecule has 0 saturated carbocycles. The molecule has 0 spiro atoms. The maximum Gasteiger partial charge on any atom is 0.132 e. The van der Waals surface area contributed by atoms with Gasteiger partial charge in [-0.1, -0.05) is 12.1 Å². The van der Waals surface area contributed by atoms with Crippen LogP contribution >= 0.6 is 0 Å². The van der Waals surface area contributed by atoms with E-state index in [0.29, 0.717) is 28.0 Å². The monoisotopic (exact) mass is 325 g/mol. The molecular formula is C19H17F2N3. The van der Waals surface area contributed by atoms with E-state index in [1.165, 1.54) is 18.2 Å². The first-order chi connectivity index (χ1) is 11.7. The quantitative estimate of drug-likeness (QED) is 0.773. The third-order valence-electron chi connectivity index (χ3n) is 4.51. The van der Waals surface area contributed by atoms with Crippen molar-refractivity contribution in [2.45, 2.75) is 18.8 Å². The number of piperidine rings is 1. The van der Waals surface area contributed by atoms with Gasteiger partial charge in [0.2, 0.25) is 0 Å². The molecule has 1 aliphatic rings. The fourth-order valence-corrected chi connectivity index (χ4v) is 3.24. The molecule has 0 unspecified atom stereocenters. The molecule has 1 saturated heterocycles. The highest BCUT2D eigenvalue weighted by atomic mass is 19.1. The van der Waals surface area contributed by atoms with Gasteiger partial charge in [0.25, 0.3) is 0 Å². The highest BCUT2D eigenvalue weighted by Gasteiger charge is 2.21. The largest absolute Gasteiger partial charge is 0.317 e. The van der Waals surface area contributed by atoms with Crippen LogP contribution in [0.2, 0.25) is 0 Å². The van der Waals surface area contributed by atoms with Crippen molar-refractivity contribution in [1.29, 1.82) is 0 Å². The molecule has 1 N–H and O–H groups in total. The number of fused-ring (bicyclic) bond motifs is 1. The van der Waals surface area contributed by atoms with E-state index in [9.17, 15) is 8.78 Å². The highest BCUT2D eigenvalue weighted by Crippen LogP contribution is 2.31. The molecule has 1 fully saturated rings. The van der Waals surface area contributed by atoms with Crippen LogP contribution in [0.15, 0.2) is 42.5 Å². The van der Waals surface area contributed by atoms with Crippen molar-refractivity contribution >= 4 is 10.9 Å². The number of nitrogens with one attached hydrogen (secondary N) is 1. The Hall–Kier alpha value is -2.40. The van der Waals surface area contributed by atoms with Crippen molar-refractivity contribution in [3.63, 3.8) is 0 Å². The van der Waals surface area contributed by atoms with Crippen molar-refractivity contribution in [2.75, 3.05) is 13.1 Å². The molecule has 24 heavy (non-hydrogen) atoms. The Morgan fingerprint density at radius 1 is 0.958 bits per heavy atom. The zero-order valence-electron chi connectivity index (χ0n) is 13.1. The lowest BCUT2D eigenvalue weighted by molar-refractivity contribution is 0.446. The SMILES string of the molecule is Fc1ccc2c(-c3ccccc3F)nc(C3CCNCC3)nc2c1. The summed E-state index contributed by atoms with van der Waals surface area (Å²) in [4.78, 5) is 9.26. The summed E-state index contributed by atoms with van der Waals surface area (Å²) in [6, 6.07) is 10.9. The Morgan fingerprint density at radius 3 is 2.54 bits per heavy atom. The summed E-state index contributed by atoms with van der Waals surface area (Å²) in [7, 11) is 0. The van der Waals surface area contributed by atoms with E-state index in [0.717, 1.165) is 25.9 Å². The maximum atomic E-state index is 14.3. The lowest BCUT2D eigenvalue weighted by atomic mass is 9.96. The van der Waals surface area contributed by atoms with E-state index in [2.05, 4.69) is 15.3 Å². The summed E-state index contributed by atoms with van der Waals surface area (Å²) in [5.74, 6) is 0.201. The highest BCUT2D eigenvalue weighted by molar-refractivity contribution is 5.92. The molecular weight excluding hydrogens is 308 g/mol. The number of benzene rings is 2. The molecule has 0 bridgehead atoms. The van der Waals surface area contributed by atoms with Crippen LogP contribution in [0.5, 0.6) is 0 Å². The van der Waals surface area contributed by atoms with E-state index in [-0.39, 0.29) is 17.6 Å². The second-order valence-corrected chi connectivity index (χ2v) is 6.10. The summed E-state index contributed by atoms with van der Waals surface area (Å²) in [6.45, 7) is 1.81. The Labute approximate surface area is 138 Å². The van der Waals surface area contributed by atoms with Gasteiger partial charge in [-0.15, -0.1) is 0 Å². The minimum Gasteiger partial charge on any atom is -0.317 e. The molecule has 1 aromatic heterocycles. The molecule has 0 aliphatic carbocycles.